The number of nitrogens with zero attached hydrogens (tertiary/aromatic N) is 4. The van der Waals surface area contributed by atoms with Crippen molar-refractivity contribution < 1.29 is 4.79 Å². The molecule has 0 bridgehead atoms. The first kappa shape index (κ1) is 19.2. The molecule has 6 nitrogen and oxygen atoms in total. The van der Waals surface area contributed by atoms with E-state index in [0.29, 0.717) is 22.1 Å². The van der Waals surface area contributed by atoms with Gasteiger partial charge < -0.3 is 5.32 Å². The first-order valence-electron chi connectivity index (χ1n) is 9.93. The van der Waals surface area contributed by atoms with Gasteiger partial charge >= 0.3 is 0 Å². The molecule has 0 unspecified atom stereocenters. The molecular weight excluding hydrogens is 418 g/mol. The molecule has 0 aliphatic heterocycles. The summed E-state index contributed by atoms with van der Waals surface area (Å²) >= 11 is 7.82. The van der Waals surface area contributed by atoms with E-state index in [2.05, 4.69) is 20.9 Å². The number of benzene rings is 1. The summed E-state index contributed by atoms with van der Waals surface area (Å²) in [5, 5.41) is 10.5. The topological polar surface area (TPSA) is 72.7 Å². The van der Waals surface area contributed by atoms with Crippen LogP contribution in [0, 0.1) is 12.0 Å². The molecule has 0 atom stereocenters. The molecule has 5 rings (SSSR count). The molecular formula is C22H19ClN5OS. The Morgan fingerprint density at radius 2 is 2.17 bits per heavy atom. The average Bonchev–Trinajstić information content (AvgIpc) is 3.30. The van der Waals surface area contributed by atoms with Crippen LogP contribution in [0.1, 0.15) is 36.0 Å². The lowest BCUT2D eigenvalue weighted by Gasteiger charge is -2.06. The molecule has 1 fully saturated rings. The SMILES string of the molecule is O=C(Nc1nn(CCCC2CC2)c2nc(-c3cc[c]cc3)c(Cl)cc12)c1cnsc1. The highest BCUT2D eigenvalue weighted by Crippen LogP contribution is 2.35. The second-order valence-electron chi connectivity index (χ2n) is 7.50. The van der Waals surface area contributed by atoms with Crippen LogP contribution >= 0.6 is 23.1 Å². The number of amides is 1. The van der Waals surface area contributed by atoms with Gasteiger partial charge in [-0.05, 0) is 42.4 Å². The third kappa shape index (κ3) is 3.95. The van der Waals surface area contributed by atoms with Crippen LogP contribution in [-0.2, 0) is 6.54 Å². The maximum absolute atomic E-state index is 12.6. The van der Waals surface area contributed by atoms with Crippen molar-refractivity contribution in [1.29, 1.82) is 0 Å². The summed E-state index contributed by atoms with van der Waals surface area (Å²) in [6.45, 7) is 0.750. The van der Waals surface area contributed by atoms with E-state index in [0.717, 1.165) is 35.5 Å². The van der Waals surface area contributed by atoms with Gasteiger partial charge in [0, 0.05) is 17.5 Å². The zero-order valence-electron chi connectivity index (χ0n) is 16.1. The molecule has 1 radical (unpaired) electrons. The molecule has 4 aromatic rings. The molecule has 1 N–H and O–H groups in total. The molecule has 1 amide bonds. The first-order valence-corrected chi connectivity index (χ1v) is 11.1. The lowest BCUT2D eigenvalue weighted by atomic mass is 10.1. The van der Waals surface area contributed by atoms with Gasteiger partial charge in [-0.3, -0.25) is 4.79 Å². The standard InChI is InChI=1S/C22H19ClN5OS/c23-18-11-17-20(26-22(29)16-12-24-30-13-16)27-28(10-4-5-14-8-9-14)21(17)25-19(18)15-6-2-1-3-7-15/h2-3,6-7,11-14H,4-5,8-10H2,(H,26,27,29). The fourth-order valence-electron chi connectivity index (χ4n) is 3.50. The van der Waals surface area contributed by atoms with Crippen LogP contribution in [0.3, 0.4) is 0 Å². The maximum atomic E-state index is 12.6. The molecule has 0 saturated heterocycles. The summed E-state index contributed by atoms with van der Waals surface area (Å²) in [5.41, 5.74) is 2.84. The quantitative estimate of drug-likeness (QED) is 0.418. The van der Waals surface area contributed by atoms with Crippen LogP contribution in [0.15, 0.2) is 41.9 Å². The van der Waals surface area contributed by atoms with Crippen LogP contribution < -0.4 is 5.32 Å². The Hall–Kier alpha value is -2.77. The van der Waals surface area contributed by atoms with E-state index in [4.69, 9.17) is 16.6 Å². The Balaban J connectivity index is 1.53. The van der Waals surface area contributed by atoms with Gasteiger partial charge in [0.2, 0.25) is 0 Å². The van der Waals surface area contributed by atoms with Gasteiger partial charge in [0.05, 0.1) is 27.9 Å². The van der Waals surface area contributed by atoms with Gasteiger partial charge in [0.15, 0.2) is 11.5 Å². The van der Waals surface area contributed by atoms with Crippen molar-refractivity contribution >= 4 is 45.9 Å². The Bertz CT molecular complexity index is 1190. The highest BCUT2D eigenvalue weighted by Gasteiger charge is 2.22. The lowest BCUT2D eigenvalue weighted by Crippen LogP contribution is -2.12. The summed E-state index contributed by atoms with van der Waals surface area (Å²) in [5.74, 6) is 1.08. The number of anilines is 1. The molecule has 8 heteroatoms. The molecule has 1 aliphatic carbocycles. The van der Waals surface area contributed by atoms with Gasteiger partial charge in [0.1, 0.15) is 0 Å². The summed E-state index contributed by atoms with van der Waals surface area (Å²) in [7, 11) is 0. The van der Waals surface area contributed by atoms with E-state index in [1.807, 2.05) is 35.0 Å². The highest BCUT2D eigenvalue weighted by atomic mass is 35.5. The van der Waals surface area contributed by atoms with Crippen molar-refractivity contribution in [2.45, 2.75) is 32.2 Å². The van der Waals surface area contributed by atoms with Crippen molar-refractivity contribution in [2.75, 3.05) is 5.32 Å². The zero-order valence-corrected chi connectivity index (χ0v) is 17.7. The summed E-state index contributed by atoms with van der Waals surface area (Å²) in [6.07, 6.45) is 6.43. The average molecular weight is 437 g/mol. The van der Waals surface area contributed by atoms with Crippen molar-refractivity contribution in [3.63, 3.8) is 0 Å². The minimum atomic E-state index is -0.243. The van der Waals surface area contributed by atoms with E-state index in [1.54, 1.807) is 11.6 Å². The van der Waals surface area contributed by atoms with E-state index >= 15 is 0 Å². The molecule has 3 aromatic heterocycles. The Labute approximate surface area is 183 Å². The minimum absolute atomic E-state index is 0.243. The summed E-state index contributed by atoms with van der Waals surface area (Å²) in [4.78, 5) is 17.4. The van der Waals surface area contributed by atoms with Gasteiger partial charge in [-0.25, -0.2) is 14.0 Å². The van der Waals surface area contributed by atoms with Gasteiger partial charge in [-0.1, -0.05) is 48.7 Å². The molecule has 3 heterocycles. The molecule has 1 saturated carbocycles. The van der Waals surface area contributed by atoms with Crippen molar-refractivity contribution in [1.82, 2.24) is 19.1 Å². The number of aromatic nitrogens is 4. The van der Waals surface area contributed by atoms with E-state index in [1.165, 1.54) is 30.8 Å². The number of carbonyl (C=O) groups is 1. The number of pyridine rings is 1. The maximum Gasteiger partial charge on any atom is 0.259 e. The number of carbonyl (C=O) groups excluding carboxylic acids is 1. The van der Waals surface area contributed by atoms with Crippen molar-refractivity contribution in [3.05, 3.63) is 58.6 Å². The summed E-state index contributed by atoms with van der Waals surface area (Å²) < 4.78 is 5.88. The second-order valence-corrected chi connectivity index (χ2v) is 8.57. The fraction of sp³-hybridized carbons (Fsp3) is 0.273. The van der Waals surface area contributed by atoms with Gasteiger partial charge in [0.25, 0.3) is 5.91 Å². The second kappa shape index (κ2) is 8.16. The highest BCUT2D eigenvalue weighted by molar-refractivity contribution is 7.03. The zero-order chi connectivity index (χ0) is 20.5. The number of fused-ring (bicyclic) bond motifs is 1. The number of aryl methyl sites for hydroxylation is 1. The fourth-order valence-corrected chi connectivity index (χ4v) is 4.28. The largest absolute Gasteiger partial charge is 0.304 e. The van der Waals surface area contributed by atoms with E-state index in [9.17, 15) is 4.79 Å². The summed E-state index contributed by atoms with van der Waals surface area (Å²) in [6, 6.07) is 12.4. The number of halogens is 1. The van der Waals surface area contributed by atoms with E-state index in [-0.39, 0.29) is 5.91 Å². The van der Waals surface area contributed by atoms with Crippen molar-refractivity contribution in [3.8, 4) is 11.3 Å². The third-order valence-electron chi connectivity index (χ3n) is 5.27. The number of hydrogen-bond acceptors (Lipinski definition) is 5. The number of nitrogens with one attached hydrogen (secondary N) is 1. The normalized spacial score (nSPS) is 13.6. The number of hydrogen-bond donors (Lipinski definition) is 1. The lowest BCUT2D eigenvalue weighted by molar-refractivity contribution is 0.102. The van der Waals surface area contributed by atoms with Crippen LogP contribution in [0.25, 0.3) is 22.3 Å². The van der Waals surface area contributed by atoms with Gasteiger partial charge in [-0.2, -0.15) is 5.10 Å². The Morgan fingerprint density at radius 3 is 2.90 bits per heavy atom. The first-order chi connectivity index (χ1) is 14.7. The van der Waals surface area contributed by atoms with Gasteiger partial charge in [-0.15, -0.1) is 0 Å². The molecule has 1 aliphatic rings. The molecule has 151 valence electrons. The molecule has 30 heavy (non-hydrogen) atoms. The third-order valence-corrected chi connectivity index (χ3v) is 6.15. The predicted molar refractivity (Wildman–Crippen MR) is 119 cm³/mol. The molecule has 0 spiro atoms. The van der Waals surface area contributed by atoms with Crippen LogP contribution in [-0.4, -0.2) is 25.0 Å². The predicted octanol–water partition coefficient (Wildman–Crippen LogP) is 5.45. The van der Waals surface area contributed by atoms with E-state index < -0.39 is 0 Å². The molecule has 1 aromatic carbocycles. The smallest absolute Gasteiger partial charge is 0.259 e. The monoisotopic (exact) mass is 436 g/mol. The van der Waals surface area contributed by atoms with Crippen LogP contribution in [0.2, 0.25) is 5.02 Å². The Kier molecular flexibility index (Phi) is 5.23. The van der Waals surface area contributed by atoms with Crippen LogP contribution in [0.5, 0.6) is 0 Å². The number of rotatable bonds is 7. The van der Waals surface area contributed by atoms with Crippen molar-refractivity contribution in [2.24, 2.45) is 5.92 Å². The Morgan fingerprint density at radius 1 is 1.33 bits per heavy atom. The van der Waals surface area contributed by atoms with Crippen LogP contribution in [0.4, 0.5) is 5.82 Å². The minimum Gasteiger partial charge on any atom is -0.304 e.